The number of hydrogen-bond acceptors (Lipinski definition) is 5. The van der Waals surface area contributed by atoms with Crippen LogP contribution in [0.25, 0.3) is 0 Å². The average Bonchev–Trinajstić information content (AvgIpc) is 3.25. The molecule has 3 aromatic carbocycles. The summed E-state index contributed by atoms with van der Waals surface area (Å²) in [6.07, 6.45) is -1.06. The van der Waals surface area contributed by atoms with Crippen LogP contribution in [0.1, 0.15) is 39.6 Å². The summed E-state index contributed by atoms with van der Waals surface area (Å²) in [5, 5.41) is 0.360. The number of carbonyl (C=O) groups excluding carboxylic acids is 4. The molecule has 1 amide bonds. The molecule has 0 bridgehead atoms. The van der Waals surface area contributed by atoms with E-state index in [4.69, 9.17) is 16.3 Å². The smallest absolute Gasteiger partial charge is 0.312 e. The lowest BCUT2D eigenvalue weighted by molar-refractivity contribution is -0.151. The maximum Gasteiger partial charge on any atom is 0.312 e. The minimum atomic E-state index is -0.982. The van der Waals surface area contributed by atoms with Gasteiger partial charge in [-0.05, 0) is 25.1 Å². The van der Waals surface area contributed by atoms with Crippen LogP contribution in [0, 0.1) is 5.92 Å². The third-order valence-electron chi connectivity index (χ3n) is 5.71. The van der Waals surface area contributed by atoms with Crippen molar-refractivity contribution in [1.29, 1.82) is 0 Å². The number of ketones is 2. The van der Waals surface area contributed by atoms with Gasteiger partial charge in [-0.1, -0.05) is 72.3 Å². The minimum Gasteiger partial charge on any atom is -0.454 e. The molecule has 2 atom stereocenters. The maximum atomic E-state index is 13.1. The van der Waals surface area contributed by atoms with Crippen LogP contribution >= 0.6 is 11.6 Å². The monoisotopic (exact) mass is 475 g/mol. The summed E-state index contributed by atoms with van der Waals surface area (Å²) < 4.78 is 5.39. The fourth-order valence-corrected chi connectivity index (χ4v) is 4.10. The summed E-state index contributed by atoms with van der Waals surface area (Å²) in [5.74, 6) is -2.29. The van der Waals surface area contributed by atoms with Crippen LogP contribution in [0.4, 0.5) is 5.69 Å². The zero-order chi connectivity index (χ0) is 24.2. The van der Waals surface area contributed by atoms with Crippen molar-refractivity contribution in [2.24, 2.45) is 5.92 Å². The number of carbonyl (C=O) groups is 4. The largest absolute Gasteiger partial charge is 0.454 e. The predicted molar refractivity (Wildman–Crippen MR) is 128 cm³/mol. The van der Waals surface area contributed by atoms with Gasteiger partial charge in [-0.25, -0.2) is 0 Å². The molecule has 0 N–H and O–H groups in total. The first-order chi connectivity index (χ1) is 16.3. The predicted octanol–water partition coefficient (Wildman–Crippen LogP) is 4.74. The standard InChI is InChI=1S/C27H22ClNO5/c1-17(25(31)18-8-4-2-5-9-18)34-27(33)20-14-24(30)29(16-20)23-13-12-21(28)15-22(23)26(32)19-10-6-3-7-11-19/h2-13,15,17,20H,14,16H2,1H3/t17-,20+/m1/s1. The van der Waals surface area contributed by atoms with Gasteiger partial charge in [0.25, 0.3) is 0 Å². The molecule has 0 aromatic heterocycles. The summed E-state index contributed by atoms with van der Waals surface area (Å²) in [4.78, 5) is 52.7. The van der Waals surface area contributed by atoms with Crippen molar-refractivity contribution in [2.45, 2.75) is 19.4 Å². The van der Waals surface area contributed by atoms with E-state index in [2.05, 4.69) is 0 Å². The van der Waals surface area contributed by atoms with Gasteiger partial charge >= 0.3 is 5.97 Å². The molecule has 1 aliphatic heterocycles. The second-order valence-electron chi connectivity index (χ2n) is 8.07. The number of amides is 1. The van der Waals surface area contributed by atoms with E-state index in [0.29, 0.717) is 21.8 Å². The molecule has 1 aliphatic rings. The topological polar surface area (TPSA) is 80.8 Å². The molecule has 1 fully saturated rings. The summed E-state index contributed by atoms with van der Waals surface area (Å²) in [6.45, 7) is 1.55. The molecule has 0 aliphatic carbocycles. The summed E-state index contributed by atoms with van der Waals surface area (Å²) >= 11 is 6.15. The summed E-state index contributed by atoms with van der Waals surface area (Å²) in [7, 11) is 0. The van der Waals surface area contributed by atoms with E-state index >= 15 is 0 Å². The fraction of sp³-hybridized carbons (Fsp3) is 0.185. The Bertz CT molecular complexity index is 1240. The van der Waals surface area contributed by atoms with E-state index < -0.39 is 18.0 Å². The highest BCUT2D eigenvalue weighted by molar-refractivity contribution is 6.31. The van der Waals surface area contributed by atoms with Crippen LogP contribution in [0.2, 0.25) is 5.02 Å². The Morgan fingerprint density at radius 2 is 1.56 bits per heavy atom. The fourth-order valence-electron chi connectivity index (χ4n) is 3.93. The summed E-state index contributed by atoms with van der Waals surface area (Å²) in [5.41, 5.74) is 1.56. The third-order valence-corrected chi connectivity index (χ3v) is 5.94. The molecule has 6 nitrogen and oxygen atoms in total. The molecule has 0 radical (unpaired) electrons. The van der Waals surface area contributed by atoms with Crippen LogP contribution in [0.3, 0.4) is 0 Å². The SMILES string of the molecule is C[C@@H](OC(=O)[C@H]1CC(=O)N(c2ccc(Cl)cc2C(=O)c2ccccc2)C1)C(=O)c1ccccc1. The highest BCUT2D eigenvalue weighted by Crippen LogP contribution is 2.32. The Labute approximate surface area is 202 Å². The van der Waals surface area contributed by atoms with E-state index in [-0.39, 0.29) is 36.0 Å². The zero-order valence-electron chi connectivity index (χ0n) is 18.4. The maximum absolute atomic E-state index is 13.1. The van der Waals surface area contributed by atoms with Gasteiger partial charge in [0.05, 0.1) is 11.6 Å². The number of anilines is 1. The molecule has 3 aromatic rings. The Kier molecular flexibility index (Phi) is 6.89. The second-order valence-corrected chi connectivity index (χ2v) is 8.51. The van der Waals surface area contributed by atoms with Crippen molar-refractivity contribution in [3.05, 3.63) is 101 Å². The van der Waals surface area contributed by atoms with Crippen molar-refractivity contribution in [2.75, 3.05) is 11.4 Å². The van der Waals surface area contributed by atoms with Gasteiger partial charge < -0.3 is 9.64 Å². The highest BCUT2D eigenvalue weighted by Gasteiger charge is 2.38. The van der Waals surface area contributed by atoms with E-state index in [9.17, 15) is 19.2 Å². The highest BCUT2D eigenvalue weighted by atomic mass is 35.5. The molecular weight excluding hydrogens is 454 g/mol. The number of Topliss-reactive ketones (excluding diaryl/α,β-unsaturated/α-hetero) is 1. The van der Waals surface area contributed by atoms with Crippen molar-refractivity contribution < 1.29 is 23.9 Å². The molecule has 1 heterocycles. The third kappa shape index (κ3) is 4.92. The first kappa shape index (κ1) is 23.4. The number of ether oxygens (including phenoxy) is 1. The van der Waals surface area contributed by atoms with Crippen LogP contribution in [0.15, 0.2) is 78.9 Å². The normalized spacial score (nSPS) is 16.2. The molecule has 0 spiro atoms. The molecule has 7 heteroatoms. The van der Waals surface area contributed by atoms with Gasteiger partial charge in [-0.3, -0.25) is 19.2 Å². The van der Waals surface area contributed by atoms with Gasteiger partial charge in [0.15, 0.2) is 11.9 Å². The Morgan fingerprint density at radius 3 is 2.21 bits per heavy atom. The van der Waals surface area contributed by atoms with Gasteiger partial charge in [-0.2, -0.15) is 0 Å². The van der Waals surface area contributed by atoms with Crippen LogP contribution in [0.5, 0.6) is 0 Å². The van der Waals surface area contributed by atoms with Crippen LogP contribution < -0.4 is 4.90 Å². The van der Waals surface area contributed by atoms with Crippen molar-refractivity contribution in [3.63, 3.8) is 0 Å². The Hall–Kier alpha value is -3.77. The second kappa shape index (κ2) is 10.0. The van der Waals surface area contributed by atoms with Crippen molar-refractivity contribution >= 4 is 40.7 Å². The molecule has 34 heavy (non-hydrogen) atoms. The Balaban J connectivity index is 1.51. The van der Waals surface area contributed by atoms with E-state index in [1.165, 1.54) is 17.9 Å². The van der Waals surface area contributed by atoms with Gasteiger partial charge in [-0.15, -0.1) is 0 Å². The number of benzene rings is 3. The van der Waals surface area contributed by atoms with Gasteiger partial charge in [0.2, 0.25) is 11.7 Å². The van der Waals surface area contributed by atoms with E-state index in [0.717, 1.165) is 0 Å². The lowest BCUT2D eigenvalue weighted by atomic mass is 10.0. The lowest BCUT2D eigenvalue weighted by Gasteiger charge is -2.20. The lowest BCUT2D eigenvalue weighted by Crippen LogP contribution is -2.31. The Morgan fingerprint density at radius 1 is 0.941 bits per heavy atom. The van der Waals surface area contributed by atoms with Gasteiger partial charge in [0, 0.05) is 34.7 Å². The molecular formula is C27H22ClNO5. The van der Waals surface area contributed by atoms with Crippen LogP contribution in [-0.4, -0.2) is 36.1 Å². The first-order valence-electron chi connectivity index (χ1n) is 10.8. The first-order valence-corrected chi connectivity index (χ1v) is 11.2. The van der Waals surface area contributed by atoms with Crippen LogP contribution in [-0.2, 0) is 14.3 Å². The minimum absolute atomic E-state index is 0.0423. The number of halogens is 1. The summed E-state index contributed by atoms with van der Waals surface area (Å²) in [6, 6.07) is 22.0. The molecule has 4 rings (SSSR count). The van der Waals surface area contributed by atoms with Crippen molar-refractivity contribution in [1.82, 2.24) is 0 Å². The number of hydrogen-bond donors (Lipinski definition) is 0. The molecule has 172 valence electrons. The van der Waals surface area contributed by atoms with Crippen molar-refractivity contribution in [3.8, 4) is 0 Å². The number of esters is 1. The quantitative estimate of drug-likeness (QED) is 0.364. The zero-order valence-corrected chi connectivity index (χ0v) is 19.2. The van der Waals surface area contributed by atoms with E-state index in [1.54, 1.807) is 72.8 Å². The molecule has 1 saturated heterocycles. The van der Waals surface area contributed by atoms with Gasteiger partial charge in [0.1, 0.15) is 0 Å². The molecule has 0 unspecified atom stereocenters. The van der Waals surface area contributed by atoms with E-state index in [1.807, 2.05) is 0 Å². The molecule has 0 saturated carbocycles. The average molecular weight is 476 g/mol. The number of rotatable bonds is 7. The number of nitrogens with zero attached hydrogens (tertiary/aromatic N) is 1.